The number of rotatable bonds is 0. The fourth-order valence-corrected chi connectivity index (χ4v) is 1.83. The fourth-order valence-electron chi connectivity index (χ4n) is 1.83. The minimum Gasteiger partial charge on any atom is -0.465 e. The van der Waals surface area contributed by atoms with E-state index in [9.17, 15) is 4.79 Å². The van der Waals surface area contributed by atoms with E-state index in [0.717, 1.165) is 25.7 Å². The van der Waals surface area contributed by atoms with Gasteiger partial charge in [-0.25, -0.2) is 0 Å². The van der Waals surface area contributed by atoms with Crippen LogP contribution < -0.4 is 0 Å². The highest BCUT2D eigenvalue weighted by molar-refractivity contribution is 5.73. The van der Waals surface area contributed by atoms with Gasteiger partial charge in [-0.05, 0) is 39.0 Å². The van der Waals surface area contributed by atoms with Gasteiger partial charge in [-0.3, -0.25) is 4.79 Å². The molecular weight excluding hydrogens is 212 g/mol. The maximum atomic E-state index is 11.6. The number of allylic oxidation sites excluding steroid dienone is 3. The van der Waals surface area contributed by atoms with E-state index < -0.39 is 0 Å². The lowest BCUT2D eigenvalue weighted by Gasteiger charge is -2.07. The quantitative estimate of drug-likeness (QED) is 0.469. The molecule has 0 spiro atoms. The Labute approximate surface area is 105 Å². The molecule has 0 aromatic rings. The van der Waals surface area contributed by atoms with Crippen molar-refractivity contribution in [1.82, 2.24) is 0 Å². The molecule has 1 aliphatic rings. The maximum Gasteiger partial charge on any atom is 0.312 e. The zero-order valence-corrected chi connectivity index (χ0v) is 10.9. The molecule has 0 N–H and O–H groups in total. The first-order valence-corrected chi connectivity index (χ1v) is 6.79. The smallest absolute Gasteiger partial charge is 0.312 e. The highest BCUT2D eigenvalue weighted by atomic mass is 16.5. The van der Waals surface area contributed by atoms with Gasteiger partial charge in [-0.15, -0.1) is 0 Å². The van der Waals surface area contributed by atoms with E-state index in [1.165, 1.54) is 19.3 Å². The second-order valence-electron chi connectivity index (χ2n) is 4.64. The Bertz CT molecular complexity index is 266. The summed E-state index contributed by atoms with van der Waals surface area (Å²) in [6, 6.07) is 0. The first-order chi connectivity index (χ1) is 8.30. The van der Waals surface area contributed by atoms with Crippen molar-refractivity contribution in [3.05, 3.63) is 24.3 Å². The summed E-state index contributed by atoms with van der Waals surface area (Å²) in [5.74, 6) is -0.198. The molecular formula is C15H24O2. The molecule has 0 saturated carbocycles. The summed E-state index contributed by atoms with van der Waals surface area (Å²) in [5.41, 5.74) is 0. The normalized spacial score (nSPS) is 24.8. The van der Waals surface area contributed by atoms with Crippen LogP contribution in [0.3, 0.4) is 0 Å². The summed E-state index contributed by atoms with van der Waals surface area (Å²) in [7, 11) is 0. The average Bonchev–Trinajstić information content (AvgIpc) is 2.34. The second-order valence-corrected chi connectivity index (χ2v) is 4.64. The summed E-state index contributed by atoms with van der Waals surface area (Å²) in [5, 5.41) is 0. The summed E-state index contributed by atoms with van der Waals surface area (Å²) in [6.07, 6.45) is 16.4. The van der Waals surface area contributed by atoms with Gasteiger partial charge in [-0.1, -0.05) is 37.1 Å². The van der Waals surface area contributed by atoms with Gasteiger partial charge in [0.15, 0.2) is 0 Å². The third-order valence-electron chi connectivity index (χ3n) is 2.97. The summed E-state index contributed by atoms with van der Waals surface area (Å²) in [6.45, 7) is 2.47. The molecule has 0 amide bonds. The Morgan fingerprint density at radius 2 is 1.71 bits per heavy atom. The third kappa shape index (κ3) is 6.98. The molecule has 0 aliphatic carbocycles. The van der Waals surface area contributed by atoms with Crippen molar-refractivity contribution in [2.75, 3.05) is 6.61 Å². The van der Waals surface area contributed by atoms with Crippen LogP contribution >= 0.6 is 0 Å². The van der Waals surface area contributed by atoms with Gasteiger partial charge in [0.1, 0.15) is 0 Å². The fraction of sp³-hybridized carbons (Fsp3) is 0.667. The number of hydrogen-bond donors (Lipinski definition) is 0. The predicted octanol–water partition coefficient (Wildman–Crippen LogP) is 4.02. The van der Waals surface area contributed by atoms with Gasteiger partial charge in [0.25, 0.3) is 0 Å². The maximum absolute atomic E-state index is 11.6. The highest BCUT2D eigenvalue weighted by Gasteiger charge is 2.10. The number of carbonyl (C=O) groups is 1. The topological polar surface area (TPSA) is 26.3 Å². The van der Waals surface area contributed by atoms with E-state index in [0.29, 0.717) is 6.61 Å². The molecule has 0 aromatic carbocycles. The van der Waals surface area contributed by atoms with Crippen LogP contribution in [0.5, 0.6) is 0 Å². The van der Waals surface area contributed by atoms with E-state index in [-0.39, 0.29) is 11.9 Å². The molecule has 0 aromatic heterocycles. The van der Waals surface area contributed by atoms with Crippen LogP contribution in [-0.4, -0.2) is 12.6 Å². The zero-order valence-electron chi connectivity index (χ0n) is 10.9. The van der Waals surface area contributed by atoms with Crippen molar-refractivity contribution in [1.29, 1.82) is 0 Å². The van der Waals surface area contributed by atoms with Crippen LogP contribution in [0, 0.1) is 5.92 Å². The first kappa shape index (κ1) is 14.0. The van der Waals surface area contributed by atoms with Crippen LogP contribution in [-0.2, 0) is 9.53 Å². The molecule has 1 atom stereocenters. The molecule has 0 saturated heterocycles. The Morgan fingerprint density at radius 1 is 1.00 bits per heavy atom. The Hall–Kier alpha value is -1.05. The lowest BCUT2D eigenvalue weighted by molar-refractivity contribution is -0.146. The number of ether oxygens (including phenoxy) is 1. The van der Waals surface area contributed by atoms with Gasteiger partial charge in [0.2, 0.25) is 0 Å². The summed E-state index contributed by atoms with van der Waals surface area (Å²) < 4.78 is 5.22. The molecule has 96 valence electrons. The van der Waals surface area contributed by atoms with Crippen LogP contribution in [0.4, 0.5) is 0 Å². The molecule has 0 radical (unpaired) electrons. The molecule has 0 fully saturated rings. The zero-order chi connectivity index (χ0) is 12.3. The Kier molecular flexibility index (Phi) is 7.44. The Balaban J connectivity index is 2.39. The van der Waals surface area contributed by atoms with Crippen molar-refractivity contribution in [3.63, 3.8) is 0 Å². The lowest BCUT2D eigenvalue weighted by Crippen LogP contribution is -2.13. The van der Waals surface area contributed by atoms with E-state index >= 15 is 0 Å². The average molecular weight is 236 g/mol. The third-order valence-corrected chi connectivity index (χ3v) is 2.97. The van der Waals surface area contributed by atoms with Crippen LogP contribution in [0.15, 0.2) is 24.3 Å². The standard InChI is InChI=1S/C15H24O2/c1-14-12-10-8-6-4-2-3-5-7-9-11-13-17-15(14)16/h2,4,10,12,14H,3,5-9,11,13H2,1H3. The molecule has 0 bridgehead atoms. The van der Waals surface area contributed by atoms with Crippen molar-refractivity contribution >= 4 is 5.97 Å². The van der Waals surface area contributed by atoms with Gasteiger partial charge >= 0.3 is 5.97 Å². The minimum absolute atomic E-state index is 0.0911. The van der Waals surface area contributed by atoms with Crippen LogP contribution in [0.2, 0.25) is 0 Å². The molecule has 1 aliphatic heterocycles. The van der Waals surface area contributed by atoms with Crippen LogP contribution in [0.25, 0.3) is 0 Å². The highest BCUT2D eigenvalue weighted by Crippen LogP contribution is 2.08. The second kappa shape index (κ2) is 9.03. The van der Waals surface area contributed by atoms with Gasteiger partial charge in [-0.2, -0.15) is 0 Å². The molecule has 2 nitrogen and oxygen atoms in total. The lowest BCUT2D eigenvalue weighted by atomic mass is 10.1. The van der Waals surface area contributed by atoms with E-state index in [4.69, 9.17) is 4.74 Å². The van der Waals surface area contributed by atoms with Crippen molar-refractivity contribution in [2.45, 2.75) is 51.9 Å². The number of hydrogen-bond acceptors (Lipinski definition) is 2. The van der Waals surface area contributed by atoms with Gasteiger partial charge in [0.05, 0.1) is 12.5 Å². The molecule has 17 heavy (non-hydrogen) atoms. The monoisotopic (exact) mass is 236 g/mol. The number of carbonyl (C=O) groups excluding carboxylic acids is 1. The van der Waals surface area contributed by atoms with Crippen LogP contribution in [0.1, 0.15) is 51.9 Å². The number of cyclic esters (lactones) is 1. The van der Waals surface area contributed by atoms with E-state index in [1.54, 1.807) is 0 Å². The van der Waals surface area contributed by atoms with Crippen molar-refractivity contribution in [3.8, 4) is 0 Å². The first-order valence-electron chi connectivity index (χ1n) is 6.79. The minimum atomic E-state index is -0.107. The molecule has 1 heterocycles. The SMILES string of the molecule is CC1C=CCCC=CCCCCCCOC1=O. The van der Waals surface area contributed by atoms with Crippen molar-refractivity contribution in [2.24, 2.45) is 5.92 Å². The predicted molar refractivity (Wildman–Crippen MR) is 70.7 cm³/mol. The van der Waals surface area contributed by atoms with Gasteiger partial charge in [0, 0.05) is 0 Å². The molecule has 2 heteroatoms. The Morgan fingerprint density at radius 3 is 2.59 bits per heavy atom. The van der Waals surface area contributed by atoms with Gasteiger partial charge < -0.3 is 4.74 Å². The van der Waals surface area contributed by atoms with Crippen molar-refractivity contribution < 1.29 is 9.53 Å². The molecule has 1 unspecified atom stereocenters. The largest absolute Gasteiger partial charge is 0.465 e. The summed E-state index contributed by atoms with van der Waals surface area (Å²) >= 11 is 0. The van der Waals surface area contributed by atoms with E-state index in [2.05, 4.69) is 18.2 Å². The van der Waals surface area contributed by atoms with E-state index in [1.807, 2.05) is 13.0 Å². The molecule has 1 rings (SSSR count). The summed E-state index contributed by atoms with van der Waals surface area (Å²) in [4.78, 5) is 11.6. The number of esters is 1.